The minimum Gasteiger partial charge on any atom is -0.357 e. The number of fused-ring (bicyclic) bond motifs is 1. The number of nitrogens with one attached hydrogen (secondary N) is 3. The Morgan fingerprint density at radius 3 is 2.70 bits per heavy atom. The van der Waals surface area contributed by atoms with Gasteiger partial charge in [0.05, 0.1) is 12.2 Å². The van der Waals surface area contributed by atoms with E-state index in [2.05, 4.69) is 25.6 Å². The average molecular weight is 402 g/mol. The summed E-state index contributed by atoms with van der Waals surface area (Å²) in [5, 5.41) is 5.49. The van der Waals surface area contributed by atoms with Crippen molar-refractivity contribution in [1.82, 2.24) is 30.0 Å². The molecule has 0 saturated carbocycles. The van der Waals surface area contributed by atoms with Crippen LogP contribution in [-0.4, -0.2) is 31.2 Å². The predicted molar refractivity (Wildman–Crippen MR) is 109 cm³/mol. The van der Waals surface area contributed by atoms with E-state index in [1.807, 2.05) is 0 Å². The highest BCUT2D eigenvalue weighted by molar-refractivity contribution is 5.93. The maximum Gasteiger partial charge on any atom is 0.270 e. The van der Waals surface area contributed by atoms with E-state index in [1.54, 1.807) is 61.1 Å². The highest BCUT2D eigenvalue weighted by Crippen LogP contribution is 2.04. The number of H-pyrrole nitrogens is 1. The van der Waals surface area contributed by atoms with Crippen molar-refractivity contribution < 1.29 is 9.59 Å². The van der Waals surface area contributed by atoms with Gasteiger partial charge in [-0.25, -0.2) is 4.98 Å². The summed E-state index contributed by atoms with van der Waals surface area (Å²) in [4.78, 5) is 48.2. The number of carbonyl (C=O) groups is 2. The van der Waals surface area contributed by atoms with Crippen molar-refractivity contribution in [3.63, 3.8) is 0 Å². The second-order valence-electron chi connectivity index (χ2n) is 6.51. The standard InChI is InChI=1S/C21H18N6O3/c28-19(16-13-24-18-5-1-2-9-27(18)21(16)30)26-12-15-10-14(6-8-22-15)11-25-20(29)17-4-3-7-23-17/h1-10,13,23H,11-12H2,(H,25,29)(H,26,28). The second-order valence-corrected chi connectivity index (χ2v) is 6.51. The normalized spacial score (nSPS) is 10.7. The van der Waals surface area contributed by atoms with Gasteiger partial charge in [0.15, 0.2) is 0 Å². The Morgan fingerprint density at radius 1 is 1.00 bits per heavy atom. The molecule has 0 atom stereocenters. The first-order chi connectivity index (χ1) is 14.6. The Balaban J connectivity index is 1.40. The zero-order valence-electron chi connectivity index (χ0n) is 15.8. The maximum atomic E-state index is 12.5. The Hall–Kier alpha value is -4.27. The van der Waals surface area contributed by atoms with Crippen LogP contribution < -0.4 is 16.2 Å². The van der Waals surface area contributed by atoms with E-state index >= 15 is 0 Å². The van der Waals surface area contributed by atoms with Crippen molar-refractivity contribution >= 4 is 17.5 Å². The number of aromatic amines is 1. The Bertz CT molecular complexity index is 1260. The molecule has 0 unspecified atom stereocenters. The molecular formula is C21H18N6O3. The SMILES string of the molecule is O=C(NCc1ccnc(CNC(=O)c2cnc3ccccn3c2=O)c1)c1ccc[nH]1. The smallest absolute Gasteiger partial charge is 0.270 e. The highest BCUT2D eigenvalue weighted by atomic mass is 16.2. The molecule has 9 heteroatoms. The quantitative estimate of drug-likeness (QED) is 0.449. The van der Waals surface area contributed by atoms with Crippen molar-refractivity contribution in [3.8, 4) is 0 Å². The number of rotatable bonds is 6. The van der Waals surface area contributed by atoms with Crippen molar-refractivity contribution in [2.75, 3.05) is 0 Å². The lowest BCUT2D eigenvalue weighted by molar-refractivity contribution is 0.0940. The third-order valence-corrected chi connectivity index (χ3v) is 4.46. The number of pyridine rings is 2. The van der Waals surface area contributed by atoms with E-state index in [0.29, 0.717) is 23.6 Å². The molecule has 4 heterocycles. The van der Waals surface area contributed by atoms with Gasteiger partial charge in [0, 0.05) is 31.3 Å². The van der Waals surface area contributed by atoms with Crippen LogP contribution in [-0.2, 0) is 13.1 Å². The Labute approximate surface area is 170 Å². The summed E-state index contributed by atoms with van der Waals surface area (Å²) in [6, 6.07) is 12.1. The maximum absolute atomic E-state index is 12.5. The molecule has 0 aliphatic rings. The van der Waals surface area contributed by atoms with Gasteiger partial charge in [-0.2, -0.15) is 0 Å². The van der Waals surface area contributed by atoms with Crippen LogP contribution in [0.3, 0.4) is 0 Å². The fourth-order valence-electron chi connectivity index (χ4n) is 2.93. The molecule has 0 aliphatic heterocycles. The van der Waals surface area contributed by atoms with Gasteiger partial charge in [-0.05, 0) is 42.0 Å². The van der Waals surface area contributed by atoms with E-state index in [4.69, 9.17) is 0 Å². The van der Waals surface area contributed by atoms with Gasteiger partial charge >= 0.3 is 0 Å². The minimum atomic E-state index is -0.530. The molecule has 0 bridgehead atoms. The van der Waals surface area contributed by atoms with E-state index in [9.17, 15) is 14.4 Å². The van der Waals surface area contributed by atoms with E-state index in [0.717, 1.165) is 5.56 Å². The predicted octanol–water partition coefficient (Wildman–Crippen LogP) is 1.28. The lowest BCUT2D eigenvalue weighted by Crippen LogP contribution is -2.31. The number of aromatic nitrogens is 4. The van der Waals surface area contributed by atoms with E-state index in [-0.39, 0.29) is 18.0 Å². The Morgan fingerprint density at radius 2 is 1.87 bits per heavy atom. The van der Waals surface area contributed by atoms with Gasteiger partial charge < -0.3 is 15.6 Å². The molecule has 3 N–H and O–H groups in total. The molecule has 30 heavy (non-hydrogen) atoms. The first kappa shape index (κ1) is 19.1. The number of amides is 2. The molecule has 0 spiro atoms. The molecule has 0 fully saturated rings. The van der Waals surface area contributed by atoms with Crippen molar-refractivity contribution in [3.05, 3.63) is 100 Å². The summed E-state index contributed by atoms with van der Waals surface area (Å²) < 4.78 is 1.32. The molecule has 4 aromatic rings. The third-order valence-electron chi connectivity index (χ3n) is 4.46. The molecule has 4 rings (SSSR count). The summed E-state index contributed by atoms with van der Waals surface area (Å²) in [7, 11) is 0. The molecule has 9 nitrogen and oxygen atoms in total. The number of nitrogens with zero attached hydrogens (tertiary/aromatic N) is 3. The second kappa shape index (κ2) is 8.39. The van der Waals surface area contributed by atoms with Gasteiger partial charge in [-0.1, -0.05) is 6.07 Å². The molecule has 0 aliphatic carbocycles. The van der Waals surface area contributed by atoms with Crippen LogP contribution in [0.1, 0.15) is 32.1 Å². The zero-order valence-corrected chi connectivity index (χ0v) is 15.8. The summed E-state index contributed by atoms with van der Waals surface area (Å²) >= 11 is 0. The molecule has 0 radical (unpaired) electrons. The number of hydrogen-bond acceptors (Lipinski definition) is 5. The van der Waals surface area contributed by atoms with Gasteiger partial charge in [-0.15, -0.1) is 0 Å². The summed E-state index contributed by atoms with van der Waals surface area (Å²) in [6.45, 7) is 0.450. The first-order valence-electron chi connectivity index (χ1n) is 9.22. The van der Waals surface area contributed by atoms with Crippen LogP contribution in [0.25, 0.3) is 5.65 Å². The van der Waals surface area contributed by atoms with Gasteiger partial charge in [0.2, 0.25) is 0 Å². The van der Waals surface area contributed by atoms with Crippen LogP contribution in [0.2, 0.25) is 0 Å². The summed E-state index contributed by atoms with van der Waals surface area (Å²) in [5.41, 5.74) is 1.90. The fraction of sp³-hybridized carbons (Fsp3) is 0.0952. The van der Waals surface area contributed by atoms with Gasteiger partial charge in [-0.3, -0.25) is 23.8 Å². The van der Waals surface area contributed by atoms with Gasteiger partial charge in [0.25, 0.3) is 17.4 Å². The summed E-state index contributed by atoms with van der Waals surface area (Å²) in [6.07, 6.45) is 6.12. The molecule has 150 valence electrons. The summed E-state index contributed by atoms with van der Waals surface area (Å²) in [5.74, 6) is -0.742. The first-order valence-corrected chi connectivity index (χ1v) is 9.22. The van der Waals surface area contributed by atoms with Crippen LogP contribution in [0.4, 0.5) is 0 Å². The molecular weight excluding hydrogens is 384 g/mol. The molecule has 0 aromatic carbocycles. The highest BCUT2D eigenvalue weighted by Gasteiger charge is 2.13. The monoisotopic (exact) mass is 402 g/mol. The largest absolute Gasteiger partial charge is 0.357 e. The lowest BCUT2D eigenvalue weighted by Gasteiger charge is -2.08. The molecule has 4 aromatic heterocycles. The number of hydrogen-bond donors (Lipinski definition) is 3. The van der Waals surface area contributed by atoms with Crippen molar-refractivity contribution in [2.24, 2.45) is 0 Å². The van der Waals surface area contributed by atoms with Crippen LogP contribution >= 0.6 is 0 Å². The topological polar surface area (TPSA) is 121 Å². The van der Waals surface area contributed by atoms with Crippen LogP contribution in [0.15, 0.2) is 72.0 Å². The van der Waals surface area contributed by atoms with Crippen molar-refractivity contribution in [2.45, 2.75) is 13.1 Å². The third kappa shape index (κ3) is 4.09. The fourth-order valence-corrected chi connectivity index (χ4v) is 2.93. The van der Waals surface area contributed by atoms with Crippen LogP contribution in [0, 0.1) is 0 Å². The van der Waals surface area contributed by atoms with E-state index < -0.39 is 11.5 Å². The molecule has 0 saturated heterocycles. The Kier molecular flexibility index (Phi) is 5.33. The molecule has 2 amide bonds. The lowest BCUT2D eigenvalue weighted by atomic mass is 10.2. The average Bonchev–Trinajstić information content (AvgIpc) is 3.32. The van der Waals surface area contributed by atoms with E-state index in [1.165, 1.54) is 10.6 Å². The van der Waals surface area contributed by atoms with Crippen LogP contribution in [0.5, 0.6) is 0 Å². The van der Waals surface area contributed by atoms with Gasteiger partial charge in [0.1, 0.15) is 16.9 Å². The van der Waals surface area contributed by atoms with Crippen molar-refractivity contribution in [1.29, 1.82) is 0 Å². The number of carbonyl (C=O) groups excluding carboxylic acids is 2. The minimum absolute atomic E-state index is 0.0481. The zero-order chi connectivity index (χ0) is 20.9.